The van der Waals surface area contributed by atoms with Crippen LogP contribution in [0.15, 0.2) is 0 Å². The number of rotatable bonds is 0. The smallest absolute Gasteiger partial charge is 0.0971 e. The zero-order valence-electron chi connectivity index (χ0n) is 14.7. The summed E-state index contributed by atoms with van der Waals surface area (Å²) < 4.78 is 0. The van der Waals surface area contributed by atoms with Crippen LogP contribution in [-0.2, 0) is 5.11 Å². The Labute approximate surface area is 130 Å². The molecule has 0 aliphatic heterocycles. The van der Waals surface area contributed by atoms with Crippen molar-refractivity contribution >= 4 is 0 Å². The minimum atomic E-state index is -0.292. The maximum Gasteiger partial charge on any atom is 0.0971 e. The lowest BCUT2D eigenvalue weighted by Crippen LogP contribution is -2.50. The number of hydrogen-bond acceptors (Lipinski definition) is 0. The normalized spacial score (nSPS) is 61.4. The van der Waals surface area contributed by atoms with Crippen molar-refractivity contribution in [3.8, 4) is 0 Å². The quantitative estimate of drug-likeness (QED) is 0.564. The van der Waals surface area contributed by atoms with E-state index < -0.39 is 0 Å². The van der Waals surface area contributed by atoms with Gasteiger partial charge in [-0.15, -0.1) is 0 Å². The number of hydrogen-bond donors (Lipinski definition) is 0. The van der Waals surface area contributed by atoms with Crippen molar-refractivity contribution < 1.29 is 5.11 Å². The van der Waals surface area contributed by atoms with E-state index in [1.807, 2.05) is 0 Å². The highest BCUT2D eigenvalue weighted by molar-refractivity contribution is 5.27. The second-order valence-corrected chi connectivity index (χ2v) is 10.4. The molecule has 4 saturated carbocycles. The molecule has 1 unspecified atom stereocenters. The fourth-order valence-electron chi connectivity index (χ4n) is 9.03. The van der Waals surface area contributed by atoms with Crippen LogP contribution in [0.25, 0.3) is 0 Å². The van der Waals surface area contributed by atoms with E-state index in [1.54, 1.807) is 0 Å². The van der Waals surface area contributed by atoms with Gasteiger partial charge in [-0.3, -0.25) is 0 Å². The average Bonchev–Trinajstić information content (AvgIpc) is 2.77. The molecule has 1 nitrogen and oxygen atoms in total. The Hall–Kier alpha value is -0.0400. The molecule has 4 aliphatic rings. The Kier molecular flexibility index (Phi) is 2.69. The van der Waals surface area contributed by atoms with Crippen LogP contribution in [-0.4, -0.2) is 6.10 Å². The van der Waals surface area contributed by atoms with Crippen LogP contribution in [0.3, 0.4) is 0 Å². The second kappa shape index (κ2) is 3.89. The summed E-state index contributed by atoms with van der Waals surface area (Å²) in [6, 6.07) is 0. The Bertz CT molecular complexity index is 464. The van der Waals surface area contributed by atoms with Gasteiger partial charge in [0.15, 0.2) is 0 Å². The minimum absolute atomic E-state index is 0.292. The van der Waals surface area contributed by atoms with Gasteiger partial charge in [-0.25, -0.2) is 5.11 Å². The van der Waals surface area contributed by atoms with Crippen LogP contribution in [0.1, 0.15) is 79.6 Å². The predicted molar refractivity (Wildman–Crippen MR) is 85.4 cm³/mol. The van der Waals surface area contributed by atoms with Crippen LogP contribution in [0.4, 0.5) is 0 Å². The van der Waals surface area contributed by atoms with Crippen molar-refractivity contribution in [1.29, 1.82) is 0 Å². The lowest BCUT2D eigenvalue weighted by atomic mass is 9.50. The third-order valence-corrected chi connectivity index (χ3v) is 8.90. The van der Waals surface area contributed by atoms with Crippen molar-refractivity contribution in [3.05, 3.63) is 0 Å². The summed E-state index contributed by atoms with van der Waals surface area (Å²) in [5, 5.41) is 13.1. The molecular formula is C20H33O. The topological polar surface area (TPSA) is 19.9 Å². The van der Waals surface area contributed by atoms with Crippen LogP contribution < -0.4 is 0 Å². The van der Waals surface area contributed by atoms with Crippen LogP contribution in [0, 0.1) is 39.4 Å². The molecule has 0 saturated heterocycles. The first-order valence-corrected chi connectivity index (χ1v) is 9.34. The van der Waals surface area contributed by atoms with Crippen molar-refractivity contribution in [1.82, 2.24) is 0 Å². The molecule has 0 aromatic rings. The molecule has 0 amide bonds. The SMILES string of the molecule is C[C@@H]1CCC[C@@]2(C)CC[C@@H]3C(C)(C)C[C@@]4(C)C[C@H]([O])[C@H]1C324. The summed E-state index contributed by atoms with van der Waals surface area (Å²) in [5.41, 5.74) is 1.54. The maximum atomic E-state index is 13.1. The van der Waals surface area contributed by atoms with Gasteiger partial charge < -0.3 is 0 Å². The Morgan fingerprint density at radius 3 is 2.38 bits per heavy atom. The van der Waals surface area contributed by atoms with Gasteiger partial charge in [0.1, 0.15) is 0 Å². The molecule has 1 heteroatoms. The molecule has 4 aliphatic carbocycles. The van der Waals surface area contributed by atoms with Gasteiger partial charge in [0, 0.05) is 0 Å². The van der Waals surface area contributed by atoms with Gasteiger partial charge in [0.05, 0.1) is 6.10 Å². The Morgan fingerprint density at radius 2 is 1.67 bits per heavy atom. The standard InChI is InChI=1S/C20H33O/c1-13-7-6-9-18(4)10-8-15-17(2,3)12-19(5)11-14(21)16(13)20(15,18)19/h13-16H,6-12H2,1-5H3/t13-,14+,15-,16+,18+,19-,20?/m1/s1. The van der Waals surface area contributed by atoms with Crippen LogP contribution >= 0.6 is 0 Å². The molecule has 1 spiro atoms. The zero-order valence-corrected chi connectivity index (χ0v) is 14.7. The fraction of sp³-hybridized carbons (Fsp3) is 1.00. The average molecular weight is 289 g/mol. The minimum Gasteiger partial charge on any atom is -0.233 e. The van der Waals surface area contributed by atoms with E-state index in [2.05, 4.69) is 34.6 Å². The van der Waals surface area contributed by atoms with Crippen molar-refractivity contribution in [2.75, 3.05) is 0 Å². The zero-order chi connectivity index (χ0) is 15.3. The van der Waals surface area contributed by atoms with E-state index in [4.69, 9.17) is 0 Å². The molecule has 0 aromatic heterocycles. The third kappa shape index (κ3) is 1.39. The lowest BCUT2D eigenvalue weighted by Gasteiger charge is -2.54. The summed E-state index contributed by atoms with van der Waals surface area (Å²) in [6.45, 7) is 12.5. The van der Waals surface area contributed by atoms with Crippen molar-refractivity contribution in [3.63, 3.8) is 0 Å². The molecule has 4 rings (SSSR count). The molecule has 7 atom stereocenters. The molecule has 0 heterocycles. The summed E-state index contributed by atoms with van der Waals surface area (Å²) in [4.78, 5) is 0. The molecule has 119 valence electrons. The third-order valence-electron chi connectivity index (χ3n) is 8.90. The second-order valence-electron chi connectivity index (χ2n) is 10.4. The van der Waals surface area contributed by atoms with Gasteiger partial charge in [0.25, 0.3) is 0 Å². The van der Waals surface area contributed by atoms with E-state index >= 15 is 0 Å². The van der Waals surface area contributed by atoms with Crippen molar-refractivity contribution in [2.24, 2.45) is 39.4 Å². The first-order valence-electron chi connectivity index (χ1n) is 9.34. The molecule has 1 radical (unpaired) electrons. The first-order chi connectivity index (χ1) is 9.68. The highest BCUT2D eigenvalue weighted by Crippen LogP contribution is 2.84. The molecular weight excluding hydrogens is 256 g/mol. The lowest BCUT2D eigenvalue weighted by molar-refractivity contribution is -0.0917. The van der Waals surface area contributed by atoms with Gasteiger partial charge in [-0.2, -0.15) is 0 Å². The monoisotopic (exact) mass is 289 g/mol. The molecule has 0 aromatic carbocycles. The molecule has 4 fully saturated rings. The summed E-state index contributed by atoms with van der Waals surface area (Å²) in [7, 11) is 0. The van der Waals surface area contributed by atoms with E-state index in [0.717, 1.165) is 12.3 Å². The Balaban J connectivity index is 1.98. The summed E-state index contributed by atoms with van der Waals surface area (Å²) in [5.74, 6) is 1.89. The van der Waals surface area contributed by atoms with Crippen LogP contribution in [0.2, 0.25) is 0 Å². The highest BCUT2D eigenvalue weighted by atomic mass is 16.3. The fourth-order valence-corrected chi connectivity index (χ4v) is 9.03. The van der Waals surface area contributed by atoms with Gasteiger partial charge >= 0.3 is 0 Å². The van der Waals surface area contributed by atoms with Gasteiger partial charge in [0.2, 0.25) is 0 Å². The first kappa shape index (κ1) is 14.5. The highest BCUT2D eigenvalue weighted by Gasteiger charge is 2.79. The largest absolute Gasteiger partial charge is 0.233 e. The van der Waals surface area contributed by atoms with Crippen LogP contribution in [0.5, 0.6) is 0 Å². The molecule has 21 heavy (non-hydrogen) atoms. The summed E-state index contributed by atoms with van der Waals surface area (Å²) >= 11 is 0. The van der Waals surface area contributed by atoms with E-state index in [-0.39, 0.29) is 6.10 Å². The summed E-state index contributed by atoms with van der Waals surface area (Å²) in [6.07, 6.45) is 8.75. The predicted octanol–water partition coefficient (Wildman–Crippen LogP) is 5.46. The van der Waals surface area contributed by atoms with Gasteiger partial charge in [-0.1, -0.05) is 47.5 Å². The van der Waals surface area contributed by atoms with E-state index in [9.17, 15) is 5.11 Å². The van der Waals surface area contributed by atoms with E-state index in [1.165, 1.54) is 38.5 Å². The Morgan fingerprint density at radius 1 is 0.952 bits per heavy atom. The van der Waals surface area contributed by atoms with E-state index in [0.29, 0.717) is 33.5 Å². The maximum absolute atomic E-state index is 13.1. The molecule has 0 N–H and O–H groups in total. The van der Waals surface area contributed by atoms with Gasteiger partial charge in [-0.05, 0) is 71.5 Å². The molecule has 0 bridgehead atoms. The van der Waals surface area contributed by atoms with Crippen molar-refractivity contribution in [2.45, 2.75) is 85.7 Å².